The SMILES string of the molecule is CC(C)(C)OC(=O)N1C[C@H]2CCCC(=O)N[C@H]2C1. The Hall–Kier alpha value is -1.26. The molecule has 0 aliphatic carbocycles. The molecule has 0 radical (unpaired) electrons. The van der Waals surface area contributed by atoms with Crippen molar-refractivity contribution < 1.29 is 14.3 Å². The van der Waals surface area contributed by atoms with E-state index < -0.39 is 5.60 Å². The number of amides is 2. The summed E-state index contributed by atoms with van der Waals surface area (Å²) in [5, 5.41) is 3.00. The molecule has 2 atom stereocenters. The van der Waals surface area contributed by atoms with Crippen LogP contribution in [0.1, 0.15) is 40.0 Å². The summed E-state index contributed by atoms with van der Waals surface area (Å²) < 4.78 is 5.36. The summed E-state index contributed by atoms with van der Waals surface area (Å²) in [4.78, 5) is 25.2. The first kappa shape index (κ1) is 13.2. The molecule has 0 spiro atoms. The van der Waals surface area contributed by atoms with Crippen LogP contribution in [0.2, 0.25) is 0 Å². The Labute approximate surface area is 108 Å². The summed E-state index contributed by atoms with van der Waals surface area (Å²) in [6.07, 6.45) is 2.25. The van der Waals surface area contributed by atoms with Crippen LogP contribution in [0.4, 0.5) is 4.79 Å². The molecule has 0 unspecified atom stereocenters. The van der Waals surface area contributed by atoms with Crippen LogP contribution < -0.4 is 5.32 Å². The van der Waals surface area contributed by atoms with Crippen molar-refractivity contribution in [1.29, 1.82) is 0 Å². The van der Waals surface area contributed by atoms with Crippen molar-refractivity contribution in [1.82, 2.24) is 10.2 Å². The molecule has 0 aromatic rings. The van der Waals surface area contributed by atoms with Gasteiger partial charge in [-0.25, -0.2) is 4.79 Å². The van der Waals surface area contributed by atoms with Gasteiger partial charge in [0.1, 0.15) is 5.60 Å². The first-order valence-electron chi connectivity index (χ1n) is 6.62. The third-order valence-electron chi connectivity index (χ3n) is 3.42. The smallest absolute Gasteiger partial charge is 0.410 e. The first-order valence-corrected chi connectivity index (χ1v) is 6.62. The van der Waals surface area contributed by atoms with Crippen molar-refractivity contribution in [3.8, 4) is 0 Å². The van der Waals surface area contributed by atoms with Gasteiger partial charge in [-0.05, 0) is 39.5 Å². The van der Waals surface area contributed by atoms with E-state index in [9.17, 15) is 9.59 Å². The average molecular weight is 254 g/mol. The lowest BCUT2D eigenvalue weighted by Crippen LogP contribution is -2.40. The van der Waals surface area contributed by atoms with Crippen LogP contribution in [0, 0.1) is 5.92 Å². The molecular weight excluding hydrogens is 232 g/mol. The quantitative estimate of drug-likeness (QED) is 0.713. The van der Waals surface area contributed by atoms with E-state index in [-0.39, 0.29) is 18.0 Å². The van der Waals surface area contributed by atoms with Gasteiger partial charge in [-0.3, -0.25) is 4.79 Å². The molecule has 5 nitrogen and oxygen atoms in total. The zero-order valence-corrected chi connectivity index (χ0v) is 11.4. The van der Waals surface area contributed by atoms with Crippen LogP contribution in [0.15, 0.2) is 0 Å². The molecule has 2 fully saturated rings. The third kappa shape index (κ3) is 3.15. The first-order chi connectivity index (χ1) is 8.35. The Morgan fingerprint density at radius 2 is 2.11 bits per heavy atom. The number of fused-ring (bicyclic) bond motifs is 1. The fraction of sp³-hybridized carbons (Fsp3) is 0.846. The fourth-order valence-electron chi connectivity index (χ4n) is 2.61. The normalized spacial score (nSPS) is 28.4. The minimum Gasteiger partial charge on any atom is -0.444 e. The minimum absolute atomic E-state index is 0.104. The fourth-order valence-corrected chi connectivity index (χ4v) is 2.61. The topological polar surface area (TPSA) is 58.6 Å². The number of carbonyl (C=O) groups excluding carboxylic acids is 2. The highest BCUT2D eigenvalue weighted by molar-refractivity contribution is 5.77. The Bertz CT molecular complexity index is 349. The van der Waals surface area contributed by atoms with Crippen LogP contribution in [0.25, 0.3) is 0 Å². The van der Waals surface area contributed by atoms with Gasteiger partial charge in [0.05, 0.1) is 6.04 Å². The standard InChI is InChI=1S/C13H22N2O3/c1-13(2,3)18-12(17)15-7-9-5-4-6-11(16)14-10(9)8-15/h9-10H,4-8H2,1-3H3,(H,14,16)/t9-,10+/m1/s1. The Balaban J connectivity index is 1.95. The number of hydrogen-bond donors (Lipinski definition) is 1. The van der Waals surface area contributed by atoms with Crippen molar-refractivity contribution in [3.63, 3.8) is 0 Å². The van der Waals surface area contributed by atoms with E-state index in [0.717, 1.165) is 12.8 Å². The minimum atomic E-state index is -0.467. The Kier molecular flexibility index (Phi) is 3.50. The second-order valence-electron chi connectivity index (χ2n) is 6.21. The van der Waals surface area contributed by atoms with Crippen molar-refractivity contribution in [2.45, 2.75) is 51.7 Å². The molecule has 0 aromatic carbocycles. The lowest BCUT2D eigenvalue weighted by atomic mass is 9.99. The molecule has 2 rings (SSSR count). The zero-order valence-electron chi connectivity index (χ0n) is 11.4. The van der Waals surface area contributed by atoms with Crippen LogP contribution in [-0.2, 0) is 9.53 Å². The van der Waals surface area contributed by atoms with Crippen molar-refractivity contribution in [2.24, 2.45) is 5.92 Å². The highest BCUT2D eigenvalue weighted by Crippen LogP contribution is 2.26. The molecule has 102 valence electrons. The second kappa shape index (κ2) is 4.78. The summed E-state index contributed by atoms with van der Waals surface area (Å²) >= 11 is 0. The van der Waals surface area contributed by atoms with Gasteiger partial charge in [0.15, 0.2) is 0 Å². The maximum Gasteiger partial charge on any atom is 0.410 e. The number of ether oxygens (including phenoxy) is 1. The monoisotopic (exact) mass is 254 g/mol. The van der Waals surface area contributed by atoms with Crippen molar-refractivity contribution >= 4 is 12.0 Å². The molecule has 0 saturated carbocycles. The molecule has 2 aliphatic heterocycles. The third-order valence-corrected chi connectivity index (χ3v) is 3.42. The molecule has 0 aromatic heterocycles. The summed E-state index contributed by atoms with van der Waals surface area (Å²) in [6.45, 7) is 6.85. The van der Waals surface area contributed by atoms with E-state index in [1.807, 2.05) is 20.8 Å². The highest BCUT2D eigenvalue weighted by atomic mass is 16.6. The van der Waals surface area contributed by atoms with Crippen LogP contribution in [-0.4, -0.2) is 41.6 Å². The Morgan fingerprint density at radius 1 is 1.39 bits per heavy atom. The molecule has 18 heavy (non-hydrogen) atoms. The number of nitrogens with one attached hydrogen (secondary N) is 1. The van der Waals surface area contributed by atoms with Crippen LogP contribution in [0.5, 0.6) is 0 Å². The van der Waals surface area contributed by atoms with Gasteiger partial charge in [0, 0.05) is 19.5 Å². The predicted octanol–water partition coefficient (Wildman–Crippen LogP) is 1.52. The molecule has 2 heterocycles. The van der Waals surface area contributed by atoms with E-state index in [4.69, 9.17) is 4.74 Å². The van der Waals surface area contributed by atoms with Gasteiger partial charge in [0.2, 0.25) is 5.91 Å². The lowest BCUT2D eigenvalue weighted by Gasteiger charge is -2.24. The van der Waals surface area contributed by atoms with E-state index in [1.54, 1.807) is 4.90 Å². The van der Waals surface area contributed by atoms with Crippen molar-refractivity contribution in [3.05, 3.63) is 0 Å². The number of hydrogen-bond acceptors (Lipinski definition) is 3. The predicted molar refractivity (Wildman–Crippen MR) is 67.1 cm³/mol. The molecule has 2 aliphatic rings. The molecule has 2 saturated heterocycles. The second-order valence-corrected chi connectivity index (χ2v) is 6.21. The summed E-state index contributed by atoms with van der Waals surface area (Å²) in [5.41, 5.74) is -0.467. The molecule has 2 amide bonds. The molecular formula is C13H22N2O3. The van der Waals surface area contributed by atoms with Crippen molar-refractivity contribution in [2.75, 3.05) is 13.1 Å². The van der Waals surface area contributed by atoms with Gasteiger partial charge in [-0.1, -0.05) is 0 Å². The van der Waals surface area contributed by atoms with E-state index in [1.165, 1.54) is 0 Å². The van der Waals surface area contributed by atoms with Gasteiger partial charge in [0.25, 0.3) is 0 Å². The zero-order chi connectivity index (χ0) is 13.3. The van der Waals surface area contributed by atoms with E-state index >= 15 is 0 Å². The maximum atomic E-state index is 12.0. The average Bonchev–Trinajstić information content (AvgIpc) is 2.52. The van der Waals surface area contributed by atoms with Gasteiger partial charge >= 0.3 is 6.09 Å². The molecule has 0 bridgehead atoms. The van der Waals surface area contributed by atoms with E-state index in [0.29, 0.717) is 25.4 Å². The van der Waals surface area contributed by atoms with Crippen LogP contribution in [0.3, 0.4) is 0 Å². The summed E-state index contributed by atoms with van der Waals surface area (Å²) in [7, 11) is 0. The van der Waals surface area contributed by atoms with Gasteiger partial charge in [-0.15, -0.1) is 0 Å². The lowest BCUT2D eigenvalue weighted by molar-refractivity contribution is -0.121. The largest absolute Gasteiger partial charge is 0.444 e. The number of likely N-dealkylation sites (tertiary alicyclic amines) is 1. The van der Waals surface area contributed by atoms with E-state index in [2.05, 4.69) is 5.32 Å². The molecule has 5 heteroatoms. The van der Waals surface area contributed by atoms with Crippen LogP contribution >= 0.6 is 0 Å². The Morgan fingerprint density at radius 3 is 2.78 bits per heavy atom. The number of nitrogens with zero attached hydrogens (tertiary/aromatic N) is 1. The molecule has 1 N–H and O–H groups in total. The number of rotatable bonds is 0. The summed E-state index contributed by atoms with van der Waals surface area (Å²) in [6, 6.07) is 0.104. The van der Waals surface area contributed by atoms with Gasteiger partial charge < -0.3 is 15.0 Å². The van der Waals surface area contributed by atoms with Gasteiger partial charge in [-0.2, -0.15) is 0 Å². The maximum absolute atomic E-state index is 12.0. The summed E-state index contributed by atoms with van der Waals surface area (Å²) in [5.74, 6) is 0.484. The highest BCUT2D eigenvalue weighted by Gasteiger charge is 2.38. The number of carbonyl (C=O) groups is 2.